The van der Waals surface area contributed by atoms with Crippen LogP contribution in [-0.2, 0) is 0 Å². The zero-order valence-electron chi connectivity index (χ0n) is 12.0. The van der Waals surface area contributed by atoms with Crippen LogP contribution in [-0.4, -0.2) is 6.54 Å². The summed E-state index contributed by atoms with van der Waals surface area (Å²) in [4.78, 5) is 0. The molecule has 0 spiro atoms. The van der Waals surface area contributed by atoms with Crippen molar-refractivity contribution < 1.29 is 0 Å². The number of rotatable bonds is 4. The Bertz CT molecular complexity index is 608. The van der Waals surface area contributed by atoms with E-state index in [9.17, 15) is 0 Å². The van der Waals surface area contributed by atoms with Gasteiger partial charge >= 0.3 is 0 Å². The molecule has 1 atom stereocenters. The quantitative estimate of drug-likeness (QED) is 0.807. The third-order valence-corrected chi connectivity index (χ3v) is 4.39. The number of aryl methyl sites for hydroxylation is 2. The van der Waals surface area contributed by atoms with Crippen LogP contribution in [0.4, 0.5) is 0 Å². The highest BCUT2D eigenvalue weighted by atomic mass is 35.5. The Morgan fingerprint density at radius 3 is 2.45 bits per heavy atom. The first-order valence-corrected chi connectivity index (χ1v) is 7.54. The minimum Gasteiger partial charge on any atom is -0.306 e. The third-order valence-electron chi connectivity index (χ3n) is 3.47. The second-order valence-corrected chi connectivity index (χ2v) is 5.76. The monoisotopic (exact) mass is 307 g/mol. The molecule has 0 amide bonds. The standard InChI is InChI=1S/C17H19Cl2N/c1-4-20-17(13-9-8-11(2)15(18)10-13)14-7-5-6-12(3)16(14)19/h5-10,17,20H,4H2,1-3H3. The average molecular weight is 308 g/mol. The maximum absolute atomic E-state index is 6.47. The molecule has 0 radical (unpaired) electrons. The molecule has 2 rings (SSSR count). The molecule has 0 aromatic heterocycles. The minimum atomic E-state index is 0.0606. The number of halogens is 2. The van der Waals surface area contributed by atoms with Crippen LogP contribution in [0, 0.1) is 13.8 Å². The van der Waals surface area contributed by atoms with E-state index in [1.807, 2.05) is 38.1 Å². The van der Waals surface area contributed by atoms with Crippen molar-refractivity contribution in [1.82, 2.24) is 5.32 Å². The van der Waals surface area contributed by atoms with Gasteiger partial charge in [0.25, 0.3) is 0 Å². The second-order valence-electron chi connectivity index (χ2n) is 4.98. The van der Waals surface area contributed by atoms with Crippen molar-refractivity contribution in [2.45, 2.75) is 26.8 Å². The molecule has 0 saturated heterocycles. The number of benzene rings is 2. The van der Waals surface area contributed by atoms with Gasteiger partial charge in [-0.25, -0.2) is 0 Å². The molecule has 1 unspecified atom stereocenters. The maximum atomic E-state index is 6.47. The Labute approximate surface area is 130 Å². The largest absolute Gasteiger partial charge is 0.306 e. The highest BCUT2D eigenvalue weighted by molar-refractivity contribution is 6.32. The van der Waals surface area contributed by atoms with Crippen LogP contribution in [0.2, 0.25) is 10.0 Å². The van der Waals surface area contributed by atoms with Crippen LogP contribution in [0.25, 0.3) is 0 Å². The van der Waals surface area contributed by atoms with Gasteiger partial charge in [0.2, 0.25) is 0 Å². The van der Waals surface area contributed by atoms with Gasteiger partial charge in [0, 0.05) is 10.0 Å². The molecule has 3 heteroatoms. The van der Waals surface area contributed by atoms with E-state index in [-0.39, 0.29) is 6.04 Å². The predicted molar refractivity (Wildman–Crippen MR) is 87.9 cm³/mol. The molecule has 0 aliphatic rings. The summed E-state index contributed by atoms with van der Waals surface area (Å²) in [5, 5.41) is 5.09. The molecule has 2 aromatic carbocycles. The van der Waals surface area contributed by atoms with Crippen LogP contribution in [0.3, 0.4) is 0 Å². The fraction of sp³-hybridized carbons (Fsp3) is 0.294. The maximum Gasteiger partial charge on any atom is 0.0592 e. The average Bonchev–Trinajstić information content (AvgIpc) is 2.43. The SMILES string of the molecule is CCNC(c1ccc(C)c(Cl)c1)c1cccc(C)c1Cl. The van der Waals surface area contributed by atoms with E-state index < -0.39 is 0 Å². The summed E-state index contributed by atoms with van der Waals surface area (Å²) in [6.45, 7) is 6.98. The number of nitrogens with one attached hydrogen (secondary N) is 1. The first-order valence-electron chi connectivity index (χ1n) is 6.79. The van der Waals surface area contributed by atoms with Crippen LogP contribution >= 0.6 is 23.2 Å². The van der Waals surface area contributed by atoms with E-state index in [0.29, 0.717) is 0 Å². The smallest absolute Gasteiger partial charge is 0.0592 e. The lowest BCUT2D eigenvalue weighted by molar-refractivity contribution is 0.630. The molecule has 0 aliphatic heterocycles. The molecular weight excluding hydrogens is 289 g/mol. The molecule has 0 bridgehead atoms. The summed E-state index contributed by atoms with van der Waals surface area (Å²) in [6.07, 6.45) is 0. The lowest BCUT2D eigenvalue weighted by Gasteiger charge is -2.21. The summed E-state index contributed by atoms with van der Waals surface area (Å²) in [5.74, 6) is 0. The highest BCUT2D eigenvalue weighted by Crippen LogP contribution is 2.32. The lowest BCUT2D eigenvalue weighted by Crippen LogP contribution is -2.22. The van der Waals surface area contributed by atoms with Crippen molar-refractivity contribution in [1.29, 1.82) is 0 Å². The summed E-state index contributed by atoms with van der Waals surface area (Å²) in [5.41, 5.74) is 4.40. The molecule has 2 aromatic rings. The van der Waals surface area contributed by atoms with Crippen LogP contribution in [0.15, 0.2) is 36.4 Å². The third kappa shape index (κ3) is 3.17. The molecule has 0 aliphatic carbocycles. The minimum absolute atomic E-state index is 0.0606. The Morgan fingerprint density at radius 1 is 1.05 bits per heavy atom. The first-order chi connectivity index (χ1) is 9.54. The van der Waals surface area contributed by atoms with E-state index in [1.165, 1.54) is 0 Å². The fourth-order valence-electron chi connectivity index (χ4n) is 2.29. The van der Waals surface area contributed by atoms with Gasteiger partial charge in [-0.3, -0.25) is 0 Å². The van der Waals surface area contributed by atoms with Gasteiger partial charge in [-0.05, 0) is 48.7 Å². The summed E-state index contributed by atoms with van der Waals surface area (Å²) >= 11 is 12.7. The Balaban J connectivity index is 2.50. The van der Waals surface area contributed by atoms with Crippen molar-refractivity contribution in [3.8, 4) is 0 Å². The van der Waals surface area contributed by atoms with Crippen LogP contribution < -0.4 is 5.32 Å². The van der Waals surface area contributed by atoms with Crippen molar-refractivity contribution >= 4 is 23.2 Å². The molecule has 0 fully saturated rings. The first kappa shape index (κ1) is 15.4. The summed E-state index contributed by atoms with van der Waals surface area (Å²) in [7, 11) is 0. The molecule has 1 N–H and O–H groups in total. The Kier molecular flexibility index (Phi) is 5.09. The summed E-state index contributed by atoms with van der Waals surface area (Å²) in [6, 6.07) is 12.4. The second kappa shape index (κ2) is 6.62. The number of hydrogen-bond acceptors (Lipinski definition) is 1. The van der Waals surface area contributed by atoms with Gasteiger partial charge in [0.15, 0.2) is 0 Å². The molecule has 20 heavy (non-hydrogen) atoms. The van der Waals surface area contributed by atoms with Gasteiger partial charge in [-0.2, -0.15) is 0 Å². The van der Waals surface area contributed by atoms with Crippen LogP contribution in [0.5, 0.6) is 0 Å². The zero-order chi connectivity index (χ0) is 14.7. The van der Waals surface area contributed by atoms with E-state index in [1.54, 1.807) is 0 Å². The van der Waals surface area contributed by atoms with E-state index in [2.05, 4.69) is 24.4 Å². The Morgan fingerprint density at radius 2 is 1.80 bits per heavy atom. The summed E-state index contributed by atoms with van der Waals surface area (Å²) < 4.78 is 0. The van der Waals surface area contributed by atoms with Gasteiger partial charge in [-0.15, -0.1) is 0 Å². The van der Waals surface area contributed by atoms with Crippen molar-refractivity contribution in [3.05, 3.63) is 68.7 Å². The van der Waals surface area contributed by atoms with Crippen LogP contribution in [0.1, 0.15) is 35.2 Å². The van der Waals surface area contributed by atoms with Gasteiger partial charge in [0.1, 0.15) is 0 Å². The zero-order valence-corrected chi connectivity index (χ0v) is 13.5. The molecule has 106 valence electrons. The fourth-order valence-corrected chi connectivity index (χ4v) is 2.72. The predicted octanol–water partition coefficient (Wildman–Crippen LogP) is 5.31. The normalized spacial score (nSPS) is 12.4. The molecule has 0 heterocycles. The van der Waals surface area contributed by atoms with Crippen molar-refractivity contribution in [3.63, 3.8) is 0 Å². The Hall–Kier alpha value is -1.02. The lowest BCUT2D eigenvalue weighted by atomic mass is 9.96. The van der Waals surface area contributed by atoms with E-state index in [0.717, 1.165) is 38.8 Å². The van der Waals surface area contributed by atoms with Gasteiger partial charge in [-0.1, -0.05) is 60.5 Å². The molecular formula is C17H19Cl2N. The topological polar surface area (TPSA) is 12.0 Å². The van der Waals surface area contributed by atoms with Gasteiger partial charge in [0.05, 0.1) is 6.04 Å². The molecule has 0 saturated carbocycles. The van der Waals surface area contributed by atoms with Crippen molar-refractivity contribution in [2.24, 2.45) is 0 Å². The van der Waals surface area contributed by atoms with E-state index >= 15 is 0 Å². The number of hydrogen-bond donors (Lipinski definition) is 1. The molecule has 1 nitrogen and oxygen atoms in total. The van der Waals surface area contributed by atoms with E-state index in [4.69, 9.17) is 23.2 Å². The van der Waals surface area contributed by atoms with Gasteiger partial charge < -0.3 is 5.32 Å². The van der Waals surface area contributed by atoms with Crippen molar-refractivity contribution in [2.75, 3.05) is 6.54 Å². The highest BCUT2D eigenvalue weighted by Gasteiger charge is 2.17.